The minimum Gasteiger partial charge on any atom is -0.389 e. The van der Waals surface area contributed by atoms with Gasteiger partial charge in [-0.25, -0.2) is 0 Å². The van der Waals surface area contributed by atoms with Gasteiger partial charge in [0, 0.05) is 62.6 Å². The van der Waals surface area contributed by atoms with Crippen molar-refractivity contribution in [2.75, 3.05) is 45.4 Å². The van der Waals surface area contributed by atoms with Crippen LogP contribution < -0.4 is 4.90 Å². The molecule has 256 valence electrons. The zero-order chi connectivity index (χ0) is 32.4. The highest BCUT2D eigenvalue weighted by atomic mass is 16.7. The van der Waals surface area contributed by atoms with E-state index >= 15 is 0 Å². The van der Waals surface area contributed by atoms with Crippen molar-refractivity contribution in [2.45, 2.75) is 133 Å². The average Bonchev–Trinajstić information content (AvgIpc) is 3.30. The molecule has 0 bridgehead atoms. The lowest BCUT2D eigenvalue weighted by molar-refractivity contribution is -0.322. The highest BCUT2D eigenvalue weighted by Gasteiger charge is 2.64. The van der Waals surface area contributed by atoms with Crippen molar-refractivity contribution < 1.29 is 29.2 Å². The van der Waals surface area contributed by atoms with E-state index in [1.807, 2.05) is 0 Å². The van der Waals surface area contributed by atoms with Crippen LogP contribution in [0.25, 0.3) is 0 Å². The van der Waals surface area contributed by atoms with Gasteiger partial charge in [-0.2, -0.15) is 0 Å². The monoisotopic (exact) mass is 637 g/mol. The lowest BCUT2D eigenvalue weighted by Crippen LogP contribution is -2.58. The van der Waals surface area contributed by atoms with E-state index in [2.05, 4.69) is 64.0 Å². The molecule has 7 atom stereocenters. The van der Waals surface area contributed by atoms with Crippen molar-refractivity contribution in [2.24, 2.45) is 22.7 Å². The molecule has 2 N–H and O–H groups in total. The number of ether oxygens (including phenoxy) is 4. The normalized spacial score (nSPS) is 39.9. The first-order chi connectivity index (χ1) is 21.9. The van der Waals surface area contributed by atoms with Crippen LogP contribution >= 0.6 is 0 Å². The first kappa shape index (κ1) is 33.0. The van der Waals surface area contributed by atoms with Crippen molar-refractivity contribution in [3.8, 4) is 0 Å². The Morgan fingerprint density at radius 3 is 2.39 bits per heavy atom. The van der Waals surface area contributed by atoms with Gasteiger partial charge in [0.05, 0.1) is 24.4 Å². The molecule has 5 fully saturated rings. The van der Waals surface area contributed by atoms with Crippen molar-refractivity contribution in [3.05, 3.63) is 41.0 Å². The predicted octanol–water partition coefficient (Wildman–Crippen LogP) is 7.10. The average molecular weight is 638 g/mol. The Bertz CT molecular complexity index is 1280. The molecule has 1 unspecified atom stereocenters. The van der Waals surface area contributed by atoms with E-state index in [4.69, 9.17) is 18.9 Å². The molecular weight excluding hydrogens is 578 g/mol. The molecule has 6 aliphatic rings. The van der Waals surface area contributed by atoms with Gasteiger partial charge in [-0.05, 0) is 106 Å². The van der Waals surface area contributed by atoms with Crippen LogP contribution in [-0.4, -0.2) is 74.0 Å². The zero-order valence-corrected chi connectivity index (χ0v) is 29.1. The molecule has 1 spiro atoms. The SMILES string of the molecule is CN(C)c1ccc([C@H]2C[C@@]3(C)[C@@H](CC[C@@]3(O)CCCOC3CCCCO3)[C@@H]3CC[C@@]4(O)CC5(CCC4=C32)OCC(C)(C)CO5)cc1. The maximum absolute atomic E-state index is 12.6. The van der Waals surface area contributed by atoms with Gasteiger partial charge in [0.25, 0.3) is 0 Å². The number of benzene rings is 1. The first-order valence-electron chi connectivity index (χ1n) is 18.3. The van der Waals surface area contributed by atoms with Crippen molar-refractivity contribution >= 4 is 5.69 Å². The molecule has 7 nitrogen and oxygen atoms in total. The number of fused-ring (bicyclic) bond motifs is 4. The second-order valence-corrected chi connectivity index (χ2v) is 17.0. The predicted molar refractivity (Wildman–Crippen MR) is 180 cm³/mol. The minimum atomic E-state index is -0.908. The van der Waals surface area contributed by atoms with E-state index in [0.717, 1.165) is 77.2 Å². The summed E-state index contributed by atoms with van der Waals surface area (Å²) in [6.45, 7) is 9.51. The van der Waals surface area contributed by atoms with Crippen LogP contribution in [0.4, 0.5) is 5.69 Å². The summed E-state index contributed by atoms with van der Waals surface area (Å²) in [5.74, 6) is 0.255. The smallest absolute Gasteiger partial charge is 0.171 e. The van der Waals surface area contributed by atoms with Crippen LogP contribution in [0.15, 0.2) is 35.4 Å². The number of nitrogens with zero attached hydrogens (tertiary/aromatic N) is 1. The van der Waals surface area contributed by atoms with E-state index in [9.17, 15) is 10.2 Å². The number of anilines is 1. The number of hydrogen-bond donors (Lipinski definition) is 2. The third-order valence-electron chi connectivity index (χ3n) is 13.2. The molecule has 0 amide bonds. The Morgan fingerprint density at radius 2 is 1.70 bits per heavy atom. The first-order valence-corrected chi connectivity index (χ1v) is 18.3. The van der Waals surface area contributed by atoms with Crippen molar-refractivity contribution in [3.63, 3.8) is 0 Å². The molecule has 4 aliphatic carbocycles. The summed E-state index contributed by atoms with van der Waals surface area (Å²) in [7, 11) is 4.17. The Balaban J connectivity index is 1.19. The second-order valence-electron chi connectivity index (χ2n) is 17.0. The number of aliphatic hydroxyl groups is 2. The highest BCUT2D eigenvalue weighted by molar-refractivity contribution is 5.50. The van der Waals surface area contributed by atoms with Crippen LogP contribution in [0.3, 0.4) is 0 Å². The maximum atomic E-state index is 12.6. The third kappa shape index (κ3) is 5.79. The molecule has 1 aromatic carbocycles. The van der Waals surface area contributed by atoms with Crippen molar-refractivity contribution in [1.82, 2.24) is 0 Å². The van der Waals surface area contributed by atoms with Gasteiger partial charge in [0.2, 0.25) is 0 Å². The molecule has 7 heteroatoms. The summed E-state index contributed by atoms with van der Waals surface area (Å²) in [6.07, 6.45) is 11.4. The Morgan fingerprint density at radius 1 is 0.935 bits per heavy atom. The molecule has 2 saturated heterocycles. The van der Waals surface area contributed by atoms with Gasteiger partial charge in [0.1, 0.15) is 0 Å². The number of hydrogen-bond acceptors (Lipinski definition) is 7. The zero-order valence-electron chi connectivity index (χ0n) is 29.1. The molecule has 0 radical (unpaired) electrons. The summed E-state index contributed by atoms with van der Waals surface area (Å²) in [5, 5.41) is 25.1. The number of allylic oxidation sites excluding steroid dienone is 1. The van der Waals surface area contributed by atoms with Gasteiger partial charge >= 0.3 is 0 Å². The minimum absolute atomic E-state index is 0.00302. The molecular formula is C39H59NO6. The van der Waals surface area contributed by atoms with Crippen LogP contribution in [0.2, 0.25) is 0 Å². The summed E-state index contributed by atoms with van der Waals surface area (Å²) in [5.41, 5.74) is 3.38. The van der Waals surface area contributed by atoms with E-state index in [-0.39, 0.29) is 23.0 Å². The fraction of sp³-hybridized carbons (Fsp3) is 0.795. The van der Waals surface area contributed by atoms with Crippen LogP contribution in [0.1, 0.15) is 116 Å². The Hall–Kier alpha value is -1.48. The lowest BCUT2D eigenvalue weighted by atomic mass is 9.49. The van der Waals surface area contributed by atoms with Gasteiger partial charge < -0.3 is 34.1 Å². The molecule has 7 rings (SSSR count). The number of rotatable bonds is 7. The molecule has 0 aromatic heterocycles. The Labute approximate surface area is 277 Å². The van der Waals surface area contributed by atoms with Crippen LogP contribution in [0.5, 0.6) is 0 Å². The fourth-order valence-corrected chi connectivity index (χ4v) is 10.5. The van der Waals surface area contributed by atoms with E-state index < -0.39 is 17.0 Å². The van der Waals surface area contributed by atoms with Gasteiger partial charge in [0.15, 0.2) is 12.1 Å². The van der Waals surface area contributed by atoms with Gasteiger partial charge in [-0.15, -0.1) is 0 Å². The third-order valence-corrected chi connectivity index (χ3v) is 13.2. The largest absolute Gasteiger partial charge is 0.389 e. The fourth-order valence-electron chi connectivity index (χ4n) is 10.5. The van der Waals surface area contributed by atoms with E-state index in [1.165, 1.54) is 28.8 Å². The molecule has 3 saturated carbocycles. The molecule has 2 heterocycles. The summed E-state index contributed by atoms with van der Waals surface area (Å²) in [6, 6.07) is 9.05. The van der Waals surface area contributed by atoms with E-state index in [1.54, 1.807) is 0 Å². The van der Waals surface area contributed by atoms with Gasteiger partial charge in [-0.3, -0.25) is 0 Å². The second kappa shape index (κ2) is 12.1. The molecule has 46 heavy (non-hydrogen) atoms. The van der Waals surface area contributed by atoms with Crippen LogP contribution in [0, 0.1) is 22.7 Å². The molecule has 1 aromatic rings. The van der Waals surface area contributed by atoms with Gasteiger partial charge in [-0.1, -0.05) is 38.5 Å². The highest BCUT2D eigenvalue weighted by Crippen LogP contribution is 2.68. The summed E-state index contributed by atoms with van der Waals surface area (Å²) < 4.78 is 24.8. The van der Waals surface area contributed by atoms with Crippen LogP contribution in [-0.2, 0) is 18.9 Å². The molecule has 2 aliphatic heterocycles. The summed E-state index contributed by atoms with van der Waals surface area (Å²) >= 11 is 0. The van der Waals surface area contributed by atoms with Crippen molar-refractivity contribution in [1.29, 1.82) is 0 Å². The maximum Gasteiger partial charge on any atom is 0.171 e. The quantitative estimate of drug-likeness (QED) is 0.244. The summed E-state index contributed by atoms with van der Waals surface area (Å²) in [4.78, 5) is 2.15. The van der Waals surface area contributed by atoms with E-state index in [0.29, 0.717) is 38.1 Å². The Kier molecular flexibility index (Phi) is 8.72. The lowest BCUT2D eigenvalue weighted by Gasteiger charge is -2.58. The standard InChI is InChI=1S/C39H59NO6/c1-35(2)25-45-39(46-26-35)20-16-32-34-29(14-18-37(32,41)24-39)31-15-19-38(42,17-8-22-44-33-9-6-7-21-43-33)36(31,3)23-30(34)27-10-12-28(13-11-27)40(4)5/h10-13,29-31,33,41-42H,6-9,14-26H2,1-5H3/t29-,30+,31-,33?,36-,37+,38-/m0/s1. The topological polar surface area (TPSA) is 80.6 Å².